The number of nitrogens with zero attached hydrogens (tertiary/aromatic N) is 2. The molecule has 0 aromatic carbocycles. The molecule has 4 heteroatoms. The largest absolute Gasteiger partial charge is 0.384 e. The molecule has 2 aliphatic rings. The van der Waals surface area contributed by atoms with E-state index in [1.165, 1.54) is 65.0 Å². The number of nitrogens with two attached hydrogens (primary N) is 1. The molecule has 4 nitrogen and oxygen atoms in total. The van der Waals surface area contributed by atoms with Crippen LogP contribution in [0.3, 0.4) is 0 Å². The second-order valence-corrected chi connectivity index (χ2v) is 5.94. The molecule has 0 aromatic rings. The van der Waals surface area contributed by atoms with Gasteiger partial charge in [-0.25, -0.2) is 0 Å². The molecule has 1 atom stereocenters. The van der Waals surface area contributed by atoms with Gasteiger partial charge in [0.15, 0.2) is 0 Å². The fourth-order valence-corrected chi connectivity index (χ4v) is 3.19. The van der Waals surface area contributed by atoms with Crippen LogP contribution in [-0.4, -0.2) is 68.8 Å². The topological polar surface area (TPSA) is 41.7 Å². The summed E-state index contributed by atoms with van der Waals surface area (Å²) in [6.07, 6.45) is 5.01. The molecule has 2 fully saturated rings. The summed E-state index contributed by atoms with van der Waals surface area (Å²) in [5.41, 5.74) is 5.94. The van der Waals surface area contributed by atoms with Gasteiger partial charge in [0.2, 0.25) is 0 Å². The van der Waals surface area contributed by atoms with Crippen molar-refractivity contribution in [2.45, 2.75) is 31.7 Å². The van der Waals surface area contributed by atoms with E-state index in [9.17, 15) is 0 Å². The summed E-state index contributed by atoms with van der Waals surface area (Å²) < 4.78 is 5.28. The molecule has 2 aliphatic heterocycles. The first kappa shape index (κ1) is 14.3. The lowest BCUT2D eigenvalue weighted by atomic mass is 9.99. The van der Waals surface area contributed by atoms with E-state index in [4.69, 9.17) is 10.5 Å². The minimum atomic E-state index is 0.447. The molecule has 2 saturated heterocycles. The van der Waals surface area contributed by atoms with Crippen LogP contribution in [0.5, 0.6) is 0 Å². The highest BCUT2D eigenvalue weighted by Gasteiger charge is 2.21. The quantitative estimate of drug-likeness (QED) is 0.788. The molecule has 2 heterocycles. The van der Waals surface area contributed by atoms with E-state index in [0.29, 0.717) is 6.04 Å². The van der Waals surface area contributed by atoms with E-state index in [1.54, 1.807) is 0 Å². The molecular weight excluding hydrogens is 226 g/mol. The lowest BCUT2D eigenvalue weighted by Crippen LogP contribution is -2.45. The number of hydrogen-bond donors (Lipinski definition) is 1. The lowest BCUT2D eigenvalue weighted by molar-refractivity contribution is 0.0819. The molecule has 18 heavy (non-hydrogen) atoms. The van der Waals surface area contributed by atoms with Gasteiger partial charge >= 0.3 is 0 Å². The van der Waals surface area contributed by atoms with Gasteiger partial charge in [-0.15, -0.1) is 0 Å². The molecule has 106 valence electrons. The lowest BCUT2D eigenvalue weighted by Gasteiger charge is -2.35. The van der Waals surface area contributed by atoms with Crippen LogP contribution in [0.4, 0.5) is 0 Å². The van der Waals surface area contributed by atoms with Crippen molar-refractivity contribution < 1.29 is 4.74 Å². The van der Waals surface area contributed by atoms with Crippen molar-refractivity contribution in [3.05, 3.63) is 0 Å². The highest BCUT2D eigenvalue weighted by Crippen LogP contribution is 2.16. The van der Waals surface area contributed by atoms with E-state index in [1.807, 2.05) is 7.11 Å². The minimum absolute atomic E-state index is 0.447. The van der Waals surface area contributed by atoms with Crippen LogP contribution in [-0.2, 0) is 4.74 Å². The number of hydrogen-bond acceptors (Lipinski definition) is 4. The van der Waals surface area contributed by atoms with Gasteiger partial charge in [-0.05, 0) is 51.2 Å². The zero-order chi connectivity index (χ0) is 12.8. The van der Waals surface area contributed by atoms with Crippen LogP contribution in [0.25, 0.3) is 0 Å². The minimum Gasteiger partial charge on any atom is -0.384 e. The van der Waals surface area contributed by atoms with Crippen LogP contribution < -0.4 is 5.73 Å². The van der Waals surface area contributed by atoms with Crippen LogP contribution in [0.2, 0.25) is 0 Å². The fraction of sp³-hybridized carbons (Fsp3) is 1.00. The molecule has 0 amide bonds. The number of ether oxygens (including phenoxy) is 1. The van der Waals surface area contributed by atoms with Crippen molar-refractivity contribution in [2.24, 2.45) is 11.7 Å². The Hall–Kier alpha value is -0.160. The summed E-state index contributed by atoms with van der Waals surface area (Å²) in [4.78, 5) is 5.19. The number of likely N-dealkylation sites (tertiary alicyclic amines) is 2. The average Bonchev–Trinajstić information content (AvgIpc) is 2.39. The van der Waals surface area contributed by atoms with Crippen molar-refractivity contribution >= 4 is 0 Å². The van der Waals surface area contributed by atoms with E-state index >= 15 is 0 Å². The van der Waals surface area contributed by atoms with Gasteiger partial charge < -0.3 is 20.3 Å². The van der Waals surface area contributed by atoms with Crippen molar-refractivity contribution in [3.63, 3.8) is 0 Å². The van der Waals surface area contributed by atoms with Gasteiger partial charge in [0.25, 0.3) is 0 Å². The Morgan fingerprint density at radius 2 is 1.78 bits per heavy atom. The highest BCUT2D eigenvalue weighted by atomic mass is 16.5. The van der Waals surface area contributed by atoms with Crippen molar-refractivity contribution in [1.29, 1.82) is 0 Å². The summed E-state index contributed by atoms with van der Waals surface area (Å²) in [7, 11) is 1.82. The Balaban J connectivity index is 1.63. The van der Waals surface area contributed by atoms with Gasteiger partial charge in [0, 0.05) is 32.8 Å². The van der Waals surface area contributed by atoms with E-state index in [-0.39, 0.29) is 0 Å². The molecule has 0 saturated carbocycles. The SMILES string of the molecule is COCC1CCCN(CCN2CCC(N)CC2)C1. The molecule has 0 aromatic heterocycles. The third-order valence-corrected chi connectivity index (χ3v) is 4.37. The predicted octanol–water partition coefficient (Wildman–Crippen LogP) is 0.768. The molecular formula is C14H29N3O. The number of methoxy groups -OCH3 is 1. The van der Waals surface area contributed by atoms with Crippen LogP contribution >= 0.6 is 0 Å². The summed E-state index contributed by atoms with van der Waals surface area (Å²) >= 11 is 0. The Morgan fingerprint density at radius 3 is 2.50 bits per heavy atom. The molecule has 1 unspecified atom stereocenters. The molecule has 2 N–H and O–H groups in total. The van der Waals surface area contributed by atoms with Gasteiger partial charge in [0.1, 0.15) is 0 Å². The van der Waals surface area contributed by atoms with E-state index < -0.39 is 0 Å². The normalized spacial score (nSPS) is 28.7. The van der Waals surface area contributed by atoms with Crippen molar-refractivity contribution in [1.82, 2.24) is 9.80 Å². The van der Waals surface area contributed by atoms with Crippen molar-refractivity contribution in [2.75, 3.05) is 53.0 Å². The maximum absolute atomic E-state index is 5.94. The molecule has 0 spiro atoms. The molecule has 0 aliphatic carbocycles. The third kappa shape index (κ3) is 4.50. The van der Waals surface area contributed by atoms with Crippen LogP contribution in [0, 0.1) is 5.92 Å². The fourth-order valence-electron chi connectivity index (χ4n) is 3.19. The predicted molar refractivity (Wildman–Crippen MR) is 74.7 cm³/mol. The monoisotopic (exact) mass is 255 g/mol. The van der Waals surface area contributed by atoms with Crippen molar-refractivity contribution in [3.8, 4) is 0 Å². The maximum Gasteiger partial charge on any atom is 0.0502 e. The third-order valence-electron chi connectivity index (χ3n) is 4.37. The second-order valence-electron chi connectivity index (χ2n) is 5.94. The Labute approximate surface area is 111 Å². The number of rotatable bonds is 5. The first-order chi connectivity index (χ1) is 8.78. The Kier molecular flexibility index (Phi) is 5.89. The smallest absolute Gasteiger partial charge is 0.0502 e. The highest BCUT2D eigenvalue weighted by molar-refractivity contribution is 4.77. The zero-order valence-electron chi connectivity index (χ0n) is 11.8. The summed E-state index contributed by atoms with van der Waals surface area (Å²) in [6, 6.07) is 0.447. The van der Waals surface area contributed by atoms with Gasteiger partial charge in [0.05, 0.1) is 6.61 Å². The van der Waals surface area contributed by atoms with E-state index in [2.05, 4.69) is 9.80 Å². The van der Waals surface area contributed by atoms with Gasteiger partial charge in [-0.3, -0.25) is 0 Å². The standard InChI is InChI=1S/C14H29N3O/c1-18-12-13-3-2-6-17(11-13)10-9-16-7-4-14(15)5-8-16/h13-14H,2-12,15H2,1H3. The average molecular weight is 255 g/mol. The second kappa shape index (κ2) is 7.43. The summed E-state index contributed by atoms with van der Waals surface area (Å²) in [5, 5.41) is 0. The van der Waals surface area contributed by atoms with Crippen LogP contribution in [0.15, 0.2) is 0 Å². The summed E-state index contributed by atoms with van der Waals surface area (Å²) in [5.74, 6) is 0.749. The molecule has 2 rings (SSSR count). The first-order valence-corrected chi connectivity index (χ1v) is 7.47. The molecule has 0 radical (unpaired) electrons. The van der Waals surface area contributed by atoms with Crippen LogP contribution in [0.1, 0.15) is 25.7 Å². The van der Waals surface area contributed by atoms with Gasteiger partial charge in [-0.2, -0.15) is 0 Å². The first-order valence-electron chi connectivity index (χ1n) is 7.47. The maximum atomic E-state index is 5.94. The summed E-state index contributed by atoms with van der Waals surface area (Å²) in [6.45, 7) is 8.23. The zero-order valence-corrected chi connectivity index (χ0v) is 11.8. The van der Waals surface area contributed by atoms with Gasteiger partial charge in [-0.1, -0.05) is 0 Å². The Morgan fingerprint density at radius 1 is 1.06 bits per heavy atom. The molecule has 0 bridgehead atoms. The number of piperidine rings is 2. The van der Waals surface area contributed by atoms with E-state index in [0.717, 1.165) is 12.5 Å². The Bertz CT molecular complexity index is 227.